The first-order valence-corrected chi connectivity index (χ1v) is 8.99. The summed E-state index contributed by atoms with van der Waals surface area (Å²) in [6.45, 7) is 1.70. The van der Waals surface area contributed by atoms with Gasteiger partial charge in [-0.25, -0.2) is 9.37 Å². The van der Waals surface area contributed by atoms with Gasteiger partial charge in [0, 0.05) is 0 Å². The van der Waals surface area contributed by atoms with E-state index in [0.717, 1.165) is 10.2 Å². The van der Waals surface area contributed by atoms with Gasteiger partial charge in [-0.1, -0.05) is 35.6 Å². The van der Waals surface area contributed by atoms with E-state index in [1.54, 1.807) is 25.1 Å². The van der Waals surface area contributed by atoms with Crippen LogP contribution in [0.25, 0.3) is 10.2 Å². The Morgan fingerprint density at radius 1 is 1.15 bits per heavy atom. The summed E-state index contributed by atoms with van der Waals surface area (Å²) in [5.74, 6) is -0.768. The van der Waals surface area contributed by atoms with Crippen LogP contribution < -0.4 is 21.5 Å². The van der Waals surface area contributed by atoms with Crippen molar-refractivity contribution in [3.8, 4) is 0 Å². The molecule has 0 fully saturated rings. The molecular formula is C17H16FN5OS2. The van der Waals surface area contributed by atoms with Crippen molar-refractivity contribution in [1.29, 1.82) is 0 Å². The largest absolute Gasteiger partial charge is 0.350 e. The number of carbonyl (C=O) groups excluding carboxylic acids is 1. The molecule has 134 valence electrons. The summed E-state index contributed by atoms with van der Waals surface area (Å²) in [4.78, 5) is 16.6. The van der Waals surface area contributed by atoms with Crippen LogP contribution in [0, 0.1) is 5.82 Å². The molecule has 0 aliphatic carbocycles. The molecule has 0 saturated heterocycles. The summed E-state index contributed by atoms with van der Waals surface area (Å²) in [5, 5.41) is 6.45. The molecule has 3 aromatic rings. The number of hydrogen-bond acceptors (Lipinski definition) is 5. The van der Waals surface area contributed by atoms with Crippen LogP contribution in [0.5, 0.6) is 0 Å². The molecule has 0 aliphatic heterocycles. The van der Waals surface area contributed by atoms with Gasteiger partial charge in [0.2, 0.25) is 0 Å². The number of halogens is 1. The van der Waals surface area contributed by atoms with Crippen molar-refractivity contribution in [2.24, 2.45) is 0 Å². The number of hydrogen-bond donors (Lipinski definition) is 4. The van der Waals surface area contributed by atoms with Gasteiger partial charge < -0.3 is 10.6 Å². The number of nitrogens with zero attached hydrogens (tertiary/aromatic N) is 1. The Kier molecular flexibility index (Phi) is 5.59. The Hall–Kier alpha value is -2.78. The second kappa shape index (κ2) is 8.07. The first kappa shape index (κ1) is 18.0. The van der Waals surface area contributed by atoms with Gasteiger partial charge in [0.15, 0.2) is 10.2 Å². The highest BCUT2D eigenvalue weighted by molar-refractivity contribution is 7.80. The van der Waals surface area contributed by atoms with Crippen LogP contribution in [0.15, 0.2) is 48.5 Å². The van der Waals surface area contributed by atoms with Crippen LogP contribution in [-0.4, -0.2) is 22.0 Å². The minimum Gasteiger partial charge on any atom is -0.350 e. The maximum absolute atomic E-state index is 13.6. The number of thiazole rings is 1. The molecule has 0 aliphatic rings. The van der Waals surface area contributed by atoms with E-state index in [1.807, 2.05) is 24.3 Å². The molecule has 0 spiro atoms. The van der Waals surface area contributed by atoms with Crippen molar-refractivity contribution >= 4 is 55.6 Å². The van der Waals surface area contributed by atoms with Gasteiger partial charge in [0.25, 0.3) is 5.91 Å². The van der Waals surface area contributed by atoms with Crippen molar-refractivity contribution < 1.29 is 9.18 Å². The Balaban J connectivity index is 1.51. The molecule has 9 heteroatoms. The van der Waals surface area contributed by atoms with Crippen molar-refractivity contribution in [2.75, 3.05) is 10.6 Å². The molecule has 4 N–H and O–H groups in total. The van der Waals surface area contributed by atoms with E-state index in [1.165, 1.54) is 17.4 Å². The number of thiocarbonyl (C=S) groups is 1. The Bertz CT molecular complexity index is 913. The second-order valence-corrected chi connectivity index (χ2v) is 6.84. The predicted molar refractivity (Wildman–Crippen MR) is 107 cm³/mol. The lowest BCUT2D eigenvalue weighted by atomic mass is 10.3. The fourth-order valence-electron chi connectivity index (χ4n) is 2.13. The molecule has 1 aromatic heterocycles. The van der Waals surface area contributed by atoms with E-state index >= 15 is 0 Å². The predicted octanol–water partition coefficient (Wildman–Crippen LogP) is 3.25. The number of nitrogens with one attached hydrogen (secondary N) is 4. The number of amides is 1. The van der Waals surface area contributed by atoms with Gasteiger partial charge in [-0.15, -0.1) is 0 Å². The van der Waals surface area contributed by atoms with Gasteiger partial charge >= 0.3 is 0 Å². The molecule has 0 saturated carbocycles. The lowest BCUT2D eigenvalue weighted by molar-refractivity contribution is -0.122. The number of benzene rings is 2. The van der Waals surface area contributed by atoms with Crippen LogP contribution in [0.1, 0.15) is 6.92 Å². The van der Waals surface area contributed by atoms with Crippen molar-refractivity contribution in [3.05, 3.63) is 54.3 Å². The quantitative estimate of drug-likeness (QED) is 0.405. The van der Waals surface area contributed by atoms with Gasteiger partial charge in [-0.05, 0) is 43.4 Å². The summed E-state index contributed by atoms with van der Waals surface area (Å²) < 4.78 is 14.6. The topological polar surface area (TPSA) is 78.1 Å². The van der Waals surface area contributed by atoms with E-state index in [2.05, 4.69) is 26.5 Å². The Morgan fingerprint density at radius 3 is 2.65 bits per heavy atom. The molecule has 2 aromatic carbocycles. The van der Waals surface area contributed by atoms with Crippen LogP contribution in [0.3, 0.4) is 0 Å². The molecule has 3 rings (SSSR count). The molecule has 0 radical (unpaired) electrons. The van der Waals surface area contributed by atoms with Crippen LogP contribution in [0.2, 0.25) is 0 Å². The SMILES string of the molecule is C[C@H](Nc1nc2ccccc2s1)C(=O)NNC(=S)Nc1ccccc1F. The first-order chi connectivity index (χ1) is 12.5. The van der Waals surface area contributed by atoms with Gasteiger partial charge in [-0.2, -0.15) is 0 Å². The average molecular weight is 389 g/mol. The zero-order valence-corrected chi connectivity index (χ0v) is 15.4. The number of carbonyl (C=O) groups is 1. The monoisotopic (exact) mass is 389 g/mol. The zero-order chi connectivity index (χ0) is 18.5. The molecule has 0 unspecified atom stereocenters. The zero-order valence-electron chi connectivity index (χ0n) is 13.7. The van der Waals surface area contributed by atoms with E-state index in [0.29, 0.717) is 5.13 Å². The lowest BCUT2D eigenvalue weighted by Crippen LogP contribution is -2.49. The number of fused-ring (bicyclic) bond motifs is 1. The number of rotatable bonds is 4. The molecular weight excluding hydrogens is 373 g/mol. The van der Waals surface area contributed by atoms with E-state index < -0.39 is 11.9 Å². The number of aromatic nitrogens is 1. The smallest absolute Gasteiger partial charge is 0.260 e. The standard InChI is InChI=1S/C17H16FN5OS2/c1-10(19-17-21-13-8-4-5-9-14(13)26-17)15(24)22-23-16(25)20-12-7-3-2-6-11(12)18/h2-10H,1H3,(H,19,21)(H,22,24)(H2,20,23,25)/t10-/m0/s1. The van der Waals surface area contributed by atoms with Gasteiger partial charge in [0.05, 0.1) is 15.9 Å². The van der Waals surface area contributed by atoms with Crippen LogP contribution in [-0.2, 0) is 4.79 Å². The van der Waals surface area contributed by atoms with Crippen molar-refractivity contribution in [2.45, 2.75) is 13.0 Å². The minimum atomic E-state index is -0.542. The summed E-state index contributed by atoms with van der Waals surface area (Å²) >= 11 is 6.51. The number of hydrazine groups is 1. The molecule has 1 heterocycles. The molecule has 26 heavy (non-hydrogen) atoms. The molecule has 1 atom stereocenters. The van der Waals surface area contributed by atoms with Crippen molar-refractivity contribution in [1.82, 2.24) is 15.8 Å². The fourth-order valence-corrected chi connectivity index (χ4v) is 3.24. The molecule has 0 bridgehead atoms. The third-order valence-corrected chi connectivity index (χ3v) is 4.62. The summed E-state index contributed by atoms with van der Waals surface area (Å²) in [7, 11) is 0. The minimum absolute atomic E-state index is 0.0793. The van der Waals surface area contributed by atoms with Gasteiger partial charge in [0.1, 0.15) is 11.9 Å². The van der Waals surface area contributed by atoms with Crippen LogP contribution >= 0.6 is 23.6 Å². The number of para-hydroxylation sites is 2. The Labute approximate surface area is 158 Å². The third-order valence-electron chi connectivity index (χ3n) is 3.45. The van der Waals surface area contributed by atoms with E-state index in [-0.39, 0.29) is 16.7 Å². The maximum atomic E-state index is 13.6. The van der Waals surface area contributed by atoms with Gasteiger partial charge in [-0.3, -0.25) is 15.6 Å². The molecule has 1 amide bonds. The van der Waals surface area contributed by atoms with Crippen molar-refractivity contribution in [3.63, 3.8) is 0 Å². The summed E-state index contributed by atoms with van der Waals surface area (Å²) in [6.07, 6.45) is 0. The molecule has 6 nitrogen and oxygen atoms in total. The van der Waals surface area contributed by atoms with E-state index in [9.17, 15) is 9.18 Å². The third kappa shape index (κ3) is 4.44. The number of anilines is 2. The average Bonchev–Trinajstić information content (AvgIpc) is 3.03. The highest BCUT2D eigenvalue weighted by atomic mass is 32.1. The second-order valence-electron chi connectivity index (χ2n) is 5.40. The summed E-state index contributed by atoms with van der Waals surface area (Å²) in [6, 6.07) is 13.3. The first-order valence-electron chi connectivity index (χ1n) is 7.76. The Morgan fingerprint density at radius 2 is 1.88 bits per heavy atom. The highest BCUT2D eigenvalue weighted by Crippen LogP contribution is 2.25. The summed E-state index contributed by atoms with van der Waals surface area (Å²) in [5.41, 5.74) is 6.12. The van der Waals surface area contributed by atoms with E-state index in [4.69, 9.17) is 12.2 Å². The highest BCUT2D eigenvalue weighted by Gasteiger charge is 2.15. The maximum Gasteiger partial charge on any atom is 0.260 e. The lowest BCUT2D eigenvalue weighted by Gasteiger charge is -2.15. The van der Waals surface area contributed by atoms with Crippen LogP contribution in [0.4, 0.5) is 15.2 Å². The fraction of sp³-hybridized carbons (Fsp3) is 0.118. The normalized spacial score (nSPS) is 11.6.